The van der Waals surface area contributed by atoms with E-state index in [1.807, 2.05) is 0 Å². The van der Waals surface area contributed by atoms with Crippen molar-refractivity contribution in [1.29, 1.82) is 0 Å². The Kier molecular flexibility index (Phi) is 12.2. The highest BCUT2D eigenvalue weighted by Crippen LogP contribution is 2.26. The minimum Gasteiger partial charge on any atom is -0.423 e. The molecule has 1 aromatic carbocycles. The standard InChI is InChI=1S/C25H32F4N2O6S2/c26-18-13-19(24(28)25(29)23(18)27)37-22(34)8-7-15(31(39)21(33)12-17-6-2-4-10-36-17)14-30(38)20(32)11-16-5-1-3-9-35-16/h13,15-17,38-39H,1-12,14H2. The molecule has 0 N–H and O–H groups in total. The largest absolute Gasteiger partial charge is 0.423 e. The predicted octanol–water partition coefficient (Wildman–Crippen LogP) is 4.56. The predicted molar refractivity (Wildman–Crippen MR) is 138 cm³/mol. The highest BCUT2D eigenvalue weighted by Gasteiger charge is 2.30. The van der Waals surface area contributed by atoms with Crippen molar-refractivity contribution in [3.05, 3.63) is 29.3 Å². The molecule has 2 saturated heterocycles. The summed E-state index contributed by atoms with van der Waals surface area (Å²) in [6, 6.07) is -0.610. The van der Waals surface area contributed by atoms with Crippen molar-refractivity contribution in [3.8, 4) is 5.75 Å². The van der Waals surface area contributed by atoms with Crippen molar-refractivity contribution in [2.75, 3.05) is 19.8 Å². The minimum absolute atomic E-state index is 0.0419. The molecule has 0 saturated carbocycles. The van der Waals surface area contributed by atoms with E-state index >= 15 is 0 Å². The second kappa shape index (κ2) is 15.1. The summed E-state index contributed by atoms with van der Waals surface area (Å²) in [4.78, 5) is 38.1. The zero-order valence-electron chi connectivity index (χ0n) is 21.3. The molecular formula is C25H32F4N2O6S2. The van der Waals surface area contributed by atoms with E-state index in [0.717, 1.165) is 40.7 Å². The molecule has 2 fully saturated rings. The minimum atomic E-state index is -2.11. The average Bonchev–Trinajstić information content (AvgIpc) is 2.93. The fourth-order valence-corrected chi connectivity index (χ4v) is 4.95. The van der Waals surface area contributed by atoms with Crippen LogP contribution in [0.5, 0.6) is 5.75 Å². The van der Waals surface area contributed by atoms with Gasteiger partial charge in [-0.1, -0.05) is 25.6 Å². The van der Waals surface area contributed by atoms with E-state index in [0.29, 0.717) is 19.6 Å². The molecule has 2 aliphatic heterocycles. The van der Waals surface area contributed by atoms with E-state index < -0.39 is 53.4 Å². The Morgan fingerprint density at radius 1 is 0.897 bits per heavy atom. The first kappa shape index (κ1) is 31.5. The van der Waals surface area contributed by atoms with Gasteiger partial charge in [-0.2, -0.15) is 4.39 Å². The second-order valence-electron chi connectivity index (χ2n) is 9.56. The highest BCUT2D eigenvalue weighted by atomic mass is 32.1. The number of esters is 1. The molecule has 2 heterocycles. The van der Waals surface area contributed by atoms with Crippen LogP contribution in [-0.4, -0.2) is 64.4 Å². The van der Waals surface area contributed by atoms with Gasteiger partial charge in [-0.15, -0.1) is 0 Å². The van der Waals surface area contributed by atoms with Crippen molar-refractivity contribution in [2.24, 2.45) is 0 Å². The maximum absolute atomic E-state index is 13.9. The Balaban J connectivity index is 1.64. The third-order valence-corrected chi connectivity index (χ3v) is 7.54. The molecule has 3 rings (SSSR count). The van der Waals surface area contributed by atoms with Crippen LogP contribution in [0.15, 0.2) is 6.07 Å². The maximum Gasteiger partial charge on any atom is 0.311 e. The van der Waals surface area contributed by atoms with Gasteiger partial charge in [0, 0.05) is 25.7 Å². The number of benzene rings is 1. The van der Waals surface area contributed by atoms with Gasteiger partial charge in [0.1, 0.15) is 0 Å². The number of ether oxygens (including phenoxy) is 3. The summed E-state index contributed by atoms with van der Waals surface area (Å²) in [6.45, 7) is 1.000. The third kappa shape index (κ3) is 9.25. The summed E-state index contributed by atoms with van der Waals surface area (Å²) in [7, 11) is 0. The number of hydrogen-bond donors (Lipinski definition) is 2. The summed E-state index contributed by atoms with van der Waals surface area (Å²) in [5, 5.41) is 0. The topological polar surface area (TPSA) is 85.4 Å². The van der Waals surface area contributed by atoms with Crippen LogP contribution < -0.4 is 4.74 Å². The monoisotopic (exact) mass is 596 g/mol. The number of amides is 2. The lowest BCUT2D eigenvalue weighted by molar-refractivity contribution is -0.137. The molecule has 0 aromatic heterocycles. The number of hydrogen-bond acceptors (Lipinski definition) is 8. The van der Waals surface area contributed by atoms with Gasteiger partial charge in [0.2, 0.25) is 23.4 Å². The summed E-state index contributed by atoms with van der Waals surface area (Å²) >= 11 is 8.60. The van der Waals surface area contributed by atoms with Crippen LogP contribution in [0.2, 0.25) is 0 Å². The number of thiol groups is 2. The molecule has 8 nitrogen and oxygen atoms in total. The van der Waals surface area contributed by atoms with E-state index in [9.17, 15) is 31.9 Å². The van der Waals surface area contributed by atoms with Gasteiger partial charge in [0.05, 0.1) is 37.6 Å². The van der Waals surface area contributed by atoms with Gasteiger partial charge >= 0.3 is 5.97 Å². The fourth-order valence-electron chi connectivity index (χ4n) is 4.40. The number of rotatable bonds is 11. The summed E-state index contributed by atoms with van der Waals surface area (Å²) in [6.07, 6.45) is 4.20. The van der Waals surface area contributed by atoms with Crippen LogP contribution in [0, 0.1) is 23.3 Å². The number of halogens is 4. The zero-order valence-corrected chi connectivity index (χ0v) is 23.0. The van der Waals surface area contributed by atoms with Crippen LogP contribution >= 0.6 is 25.6 Å². The van der Waals surface area contributed by atoms with E-state index in [1.54, 1.807) is 0 Å². The molecule has 14 heteroatoms. The molecule has 0 radical (unpaired) electrons. The van der Waals surface area contributed by atoms with Crippen LogP contribution in [-0.2, 0) is 23.9 Å². The SMILES string of the molecule is O=C(CCC(CN(S)C(=O)CC1CCCCO1)N(S)C(=O)CC1CCCCO1)Oc1cc(F)c(F)c(F)c1F. The molecule has 0 spiro atoms. The first-order chi connectivity index (χ1) is 18.6. The quantitative estimate of drug-likeness (QED) is 0.0974. The Morgan fingerprint density at radius 3 is 2.05 bits per heavy atom. The van der Waals surface area contributed by atoms with Crippen molar-refractivity contribution in [3.63, 3.8) is 0 Å². The van der Waals surface area contributed by atoms with Gasteiger partial charge in [0.25, 0.3) is 0 Å². The first-order valence-corrected chi connectivity index (χ1v) is 13.6. The summed E-state index contributed by atoms with van der Waals surface area (Å²) < 4.78 is 72.2. The van der Waals surface area contributed by atoms with Gasteiger partial charge in [0.15, 0.2) is 17.4 Å². The van der Waals surface area contributed by atoms with Crippen molar-refractivity contribution in [2.45, 2.75) is 82.5 Å². The van der Waals surface area contributed by atoms with Crippen LogP contribution in [0.1, 0.15) is 64.2 Å². The lowest BCUT2D eigenvalue weighted by atomic mass is 10.0. The summed E-state index contributed by atoms with van der Waals surface area (Å²) in [5.41, 5.74) is 0. The Hall–Kier alpha value is -2.03. The Labute approximate surface area is 235 Å². The first-order valence-electron chi connectivity index (χ1n) is 12.8. The zero-order chi connectivity index (χ0) is 28.5. The van der Waals surface area contributed by atoms with Crippen molar-refractivity contribution < 1.29 is 46.2 Å². The Morgan fingerprint density at radius 2 is 1.49 bits per heavy atom. The molecule has 2 aliphatic rings. The van der Waals surface area contributed by atoms with Crippen LogP contribution in [0.25, 0.3) is 0 Å². The number of carbonyl (C=O) groups is 3. The van der Waals surface area contributed by atoms with Gasteiger partial charge in [-0.3, -0.25) is 23.0 Å². The van der Waals surface area contributed by atoms with E-state index in [-0.39, 0.29) is 50.0 Å². The molecule has 2 amide bonds. The lowest BCUT2D eigenvalue weighted by Crippen LogP contribution is -2.43. The number of nitrogens with zero attached hydrogens (tertiary/aromatic N) is 2. The highest BCUT2D eigenvalue weighted by molar-refractivity contribution is 7.78. The molecule has 0 aliphatic carbocycles. The van der Waals surface area contributed by atoms with Gasteiger partial charge < -0.3 is 14.2 Å². The lowest BCUT2D eigenvalue weighted by Gasteiger charge is -2.32. The van der Waals surface area contributed by atoms with E-state index in [4.69, 9.17) is 14.2 Å². The molecular weight excluding hydrogens is 564 g/mol. The van der Waals surface area contributed by atoms with Crippen LogP contribution in [0.3, 0.4) is 0 Å². The van der Waals surface area contributed by atoms with Crippen molar-refractivity contribution >= 4 is 43.4 Å². The molecule has 0 bridgehead atoms. The number of carbonyl (C=O) groups excluding carboxylic acids is 3. The second-order valence-corrected chi connectivity index (χ2v) is 10.5. The molecule has 1 aromatic rings. The molecule has 3 atom stereocenters. The van der Waals surface area contributed by atoms with E-state index in [1.165, 1.54) is 0 Å². The Bertz CT molecular complexity index is 1020. The van der Waals surface area contributed by atoms with Gasteiger partial charge in [-0.05, 0) is 44.9 Å². The third-order valence-electron chi connectivity index (χ3n) is 6.60. The van der Waals surface area contributed by atoms with Crippen molar-refractivity contribution in [1.82, 2.24) is 8.61 Å². The van der Waals surface area contributed by atoms with E-state index in [2.05, 4.69) is 25.6 Å². The normalized spacial score (nSPS) is 20.3. The van der Waals surface area contributed by atoms with Crippen LogP contribution in [0.4, 0.5) is 17.6 Å². The molecule has 39 heavy (non-hydrogen) atoms. The maximum atomic E-state index is 13.9. The molecule has 218 valence electrons. The average molecular weight is 597 g/mol. The summed E-state index contributed by atoms with van der Waals surface area (Å²) in [5.74, 6) is -10.7. The fraction of sp³-hybridized carbons (Fsp3) is 0.640. The van der Waals surface area contributed by atoms with Gasteiger partial charge in [-0.25, -0.2) is 13.2 Å². The smallest absolute Gasteiger partial charge is 0.311 e. The molecule has 3 unspecified atom stereocenters.